The summed E-state index contributed by atoms with van der Waals surface area (Å²) in [4.78, 5) is 0. The molecule has 0 spiro atoms. The van der Waals surface area contributed by atoms with Crippen LogP contribution in [0.1, 0.15) is 59.1 Å². The standard InChI is InChI=1S/C21H25.C5H5.C2H6Si.2ClH.Ti/c1-20(2,3)16-7-9-18-14(12-16)11-15-13-17(21(4,5)6)8-10-19(15)18;1-2-4-5-3-1;1-3-2;;;/h7-13H,1-6H3;1-3H,4H2;1-2H3;2*1H;/q2*-1;;;;+2. The first-order chi connectivity index (χ1) is 13.9. The fourth-order valence-corrected chi connectivity index (χ4v) is 3.30. The van der Waals surface area contributed by atoms with Crippen molar-refractivity contribution >= 4 is 52.5 Å². The predicted molar refractivity (Wildman–Crippen MR) is 148 cm³/mol. The molecule has 1 aliphatic rings. The number of halogens is 2. The smallest absolute Gasteiger partial charge is 0.109 e. The van der Waals surface area contributed by atoms with Crippen LogP contribution < -0.4 is 0 Å². The van der Waals surface area contributed by atoms with Gasteiger partial charge in [0.05, 0.1) is 0 Å². The van der Waals surface area contributed by atoms with E-state index < -0.39 is 0 Å². The summed E-state index contributed by atoms with van der Waals surface area (Å²) in [5.41, 5.74) is 3.21. The molecular formula is C28H38Cl2SiTi. The third-order valence-corrected chi connectivity index (χ3v) is 5.02. The Kier molecular flexibility index (Phi) is 13.0. The van der Waals surface area contributed by atoms with Crippen molar-refractivity contribution in [3.63, 3.8) is 0 Å². The molecule has 0 nitrogen and oxygen atoms in total. The Bertz CT molecular complexity index is 994. The summed E-state index contributed by atoms with van der Waals surface area (Å²) < 4.78 is 0. The van der Waals surface area contributed by atoms with Gasteiger partial charge in [0.2, 0.25) is 0 Å². The van der Waals surface area contributed by atoms with Crippen LogP contribution in [-0.4, -0.2) is 6.19 Å². The first-order valence-electron chi connectivity index (χ1n) is 10.8. The van der Waals surface area contributed by atoms with E-state index in [1.807, 2.05) is 12.2 Å². The molecule has 32 heavy (non-hydrogen) atoms. The summed E-state index contributed by atoms with van der Waals surface area (Å²) in [5, 5.41) is 5.48. The van der Waals surface area contributed by atoms with Crippen LogP contribution in [0.15, 0.2) is 60.7 Å². The maximum absolute atomic E-state index is 2.99. The Morgan fingerprint density at radius 2 is 1.22 bits per heavy atom. The van der Waals surface area contributed by atoms with E-state index in [2.05, 4.69) is 128 Å². The zero-order valence-corrected chi connectivity index (χ0v) is 25.0. The molecule has 0 aliphatic heterocycles. The van der Waals surface area contributed by atoms with Crippen LogP contribution >= 0.6 is 24.8 Å². The van der Waals surface area contributed by atoms with Gasteiger partial charge in [0, 0.05) is 0 Å². The zero-order valence-electron chi connectivity index (χ0n) is 20.8. The average molecular weight is 521 g/mol. The van der Waals surface area contributed by atoms with Gasteiger partial charge in [-0.25, -0.2) is 12.2 Å². The molecule has 0 heterocycles. The first-order valence-corrected chi connectivity index (χ1v) is 15.6. The predicted octanol–water partition coefficient (Wildman–Crippen LogP) is 9.24. The summed E-state index contributed by atoms with van der Waals surface area (Å²) in [6.45, 7) is 18.2. The number of rotatable bonds is 0. The molecule has 0 radical (unpaired) electrons. The minimum Gasteiger partial charge on any atom is -0.273 e. The van der Waals surface area contributed by atoms with Gasteiger partial charge in [0.25, 0.3) is 0 Å². The van der Waals surface area contributed by atoms with Gasteiger partial charge in [-0.2, -0.15) is 6.08 Å². The largest absolute Gasteiger partial charge is 0.273 e. The molecule has 0 aromatic heterocycles. The van der Waals surface area contributed by atoms with Crippen molar-refractivity contribution in [1.29, 1.82) is 0 Å². The van der Waals surface area contributed by atoms with Crippen molar-refractivity contribution in [3.05, 3.63) is 77.9 Å². The Hall–Kier alpha value is -0.699. The summed E-state index contributed by atoms with van der Waals surface area (Å²) in [6, 6.07) is 16.2. The van der Waals surface area contributed by atoms with Gasteiger partial charge < -0.3 is 0 Å². The van der Waals surface area contributed by atoms with Crippen molar-refractivity contribution in [3.8, 4) is 0 Å². The van der Waals surface area contributed by atoms with E-state index in [1.54, 1.807) is 0 Å². The van der Waals surface area contributed by atoms with Crippen molar-refractivity contribution in [2.75, 3.05) is 0 Å². The Morgan fingerprint density at radius 3 is 1.47 bits per heavy atom. The molecule has 0 N–H and O–H groups in total. The van der Waals surface area contributed by atoms with Crippen molar-refractivity contribution in [1.82, 2.24) is 0 Å². The summed E-state index contributed by atoms with van der Waals surface area (Å²) in [7, 11) is 0. The number of hydrogen-bond acceptors (Lipinski definition) is 0. The second-order valence-corrected chi connectivity index (χ2v) is 16.9. The number of allylic oxidation sites excluding steroid dienone is 4. The van der Waals surface area contributed by atoms with Crippen molar-refractivity contribution < 1.29 is 19.2 Å². The Morgan fingerprint density at radius 1 is 0.812 bits per heavy atom. The molecule has 0 fully saturated rings. The fourth-order valence-electron chi connectivity index (χ4n) is 3.30. The molecule has 0 saturated heterocycles. The Labute approximate surface area is 220 Å². The molecule has 172 valence electrons. The van der Waals surface area contributed by atoms with E-state index in [0.29, 0.717) is 0 Å². The third kappa shape index (κ3) is 9.28. The van der Waals surface area contributed by atoms with E-state index in [1.165, 1.54) is 32.7 Å². The molecule has 1 aliphatic carbocycles. The molecule has 0 unspecified atom stereocenters. The molecule has 3 aromatic rings. The molecule has 0 amide bonds. The van der Waals surface area contributed by atoms with Crippen LogP contribution in [0.5, 0.6) is 0 Å². The molecule has 0 atom stereocenters. The maximum atomic E-state index is 2.99. The molecular weight excluding hydrogens is 483 g/mol. The first kappa shape index (κ1) is 31.3. The van der Waals surface area contributed by atoms with Gasteiger partial charge in [-0.3, -0.25) is 6.08 Å². The summed E-state index contributed by atoms with van der Waals surface area (Å²) in [5.74, 6) is 0. The van der Waals surface area contributed by atoms with Crippen molar-refractivity contribution in [2.45, 2.75) is 71.9 Å². The zero-order chi connectivity index (χ0) is 22.5. The van der Waals surface area contributed by atoms with Gasteiger partial charge in [-0.05, 0) is 10.8 Å². The van der Waals surface area contributed by atoms with Crippen LogP contribution in [0.3, 0.4) is 0 Å². The van der Waals surface area contributed by atoms with E-state index in [0.717, 1.165) is 6.42 Å². The molecule has 4 rings (SSSR count). The van der Waals surface area contributed by atoms with Crippen LogP contribution in [0, 0.1) is 6.08 Å². The van der Waals surface area contributed by atoms with Crippen molar-refractivity contribution in [2.24, 2.45) is 0 Å². The van der Waals surface area contributed by atoms with E-state index in [-0.39, 0.29) is 41.8 Å². The van der Waals surface area contributed by atoms with E-state index in [4.69, 9.17) is 0 Å². The van der Waals surface area contributed by atoms with Gasteiger partial charge in [0.15, 0.2) is 0 Å². The van der Waals surface area contributed by atoms with Crippen LogP contribution in [0.25, 0.3) is 21.5 Å². The molecule has 0 bridgehead atoms. The average Bonchev–Trinajstić information content (AvgIpc) is 3.30. The number of fused-ring (bicyclic) bond motifs is 3. The minimum absolute atomic E-state index is 0. The quantitative estimate of drug-likeness (QED) is 0.204. The van der Waals surface area contributed by atoms with Gasteiger partial charge >= 0.3 is 38.5 Å². The van der Waals surface area contributed by atoms with Crippen LogP contribution in [0.4, 0.5) is 0 Å². The fraction of sp³-hybridized carbons (Fsp3) is 0.393. The second-order valence-electron chi connectivity index (χ2n) is 10.3. The maximum Gasteiger partial charge on any atom is -0.109 e. The molecule has 4 heteroatoms. The summed E-state index contributed by atoms with van der Waals surface area (Å²) >= 11 is 2.27. The van der Waals surface area contributed by atoms with Gasteiger partial charge in [0.1, 0.15) is 0 Å². The topological polar surface area (TPSA) is 0 Å². The summed E-state index contributed by atoms with van der Waals surface area (Å²) in [6.07, 6.45) is 10.1. The Balaban J connectivity index is 0.000000739. The number of benzene rings is 2. The van der Waals surface area contributed by atoms with E-state index >= 15 is 0 Å². The molecule has 0 saturated carbocycles. The van der Waals surface area contributed by atoms with Crippen LogP contribution in [-0.2, 0) is 30.0 Å². The van der Waals surface area contributed by atoms with Crippen LogP contribution in [0.2, 0.25) is 13.1 Å². The van der Waals surface area contributed by atoms with Gasteiger partial charge in [-0.1, -0.05) is 76.9 Å². The van der Waals surface area contributed by atoms with E-state index in [9.17, 15) is 0 Å². The third-order valence-electron chi connectivity index (χ3n) is 5.02. The SMILES string of the molecule is CC(C)(C)c1ccc2c(c1)[cH-]c1cc(C(C)(C)C)ccc12.C[Si](C)=[Ti+2].Cl.Cl.[C-]1=CC=CC1. The second kappa shape index (κ2) is 13.3. The molecule has 3 aromatic carbocycles. The monoisotopic (exact) mass is 520 g/mol. The normalized spacial score (nSPS) is 12.3. The number of hydrogen-bond donors (Lipinski definition) is 0. The van der Waals surface area contributed by atoms with Gasteiger partial charge in [-0.15, -0.1) is 71.0 Å². The minimum atomic E-state index is 0.